The number of sulfonamides is 1. The Hall–Kier alpha value is -3.32. The normalized spacial score (nSPS) is 12.1. The number of benzene rings is 3. The standard InChI is InChI=1S/C24H26N2O4S/c1-16-9-10-18(3)23(15-16)30-19(4)24(27)25-20-11-13-21(14-12-20)31(28,29)26-22-8-6-5-7-17(22)2/h5-15,19,26H,1-4H3,(H,25,27)/t19-/m0/s1. The average molecular weight is 439 g/mol. The van der Waals surface area contributed by atoms with Crippen LogP contribution in [0.2, 0.25) is 0 Å². The summed E-state index contributed by atoms with van der Waals surface area (Å²) in [6, 6.07) is 19.0. The fourth-order valence-electron chi connectivity index (χ4n) is 2.93. The van der Waals surface area contributed by atoms with Gasteiger partial charge >= 0.3 is 0 Å². The summed E-state index contributed by atoms with van der Waals surface area (Å²) in [7, 11) is -3.73. The highest BCUT2D eigenvalue weighted by Gasteiger charge is 2.18. The third-order valence-electron chi connectivity index (χ3n) is 4.84. The van der Waals surface area contributed by atoms with Crippen molar-refractivity contribution in [2.75, 3.05) is 10.0 Å². The zero-order valence-electron chi connectivity index (χ0n) is 18.0. The van der Waals surface area contributed by atoms with Gasteiger partial charge in [0.15, 0.2) is 6.10 Å². The van der Waals surface area contributed by atoms with E-state index < -0.39 is 16.1 Å². The molecule has 162 valence electrons. The van der Waals surface area contributed by atoms with Gasteiger partial charge in [0, 0.05) is 5.69 Å². The van der Waals surface area contributed by atoms with E-state index in [0.29, 0.717) is 17.1 Å². The molecule has 1 amide bonds. The molecular formula is C24H26N2O4S. The molecule has 0 heterocycles. The Morgan fingerprint density at radius 2 is 1.58 bits per heavy atom. The monoisotopic (exact) mass is 438 g/mol. The molecule has 0 spiro atoms. The second-order valence-corrected chi connectivity index (χ2v) is 9.15. The first kappa shape index (κ1) is 22.4. The van der Waals surface area contributed by atoms with Gasteiger partial charge in [-0.25, -0.2) is 8.42 Å². The van der Waals surface area contributed by atoms with Crippen molar-refractivity contribution in [1.29, 1.82) is 0 Å². The molecule has 3 rings (SSSR count). The molecule has 0 bridgehead atoms. The van der Waals surface area contributed by atoms with Gasteiger partial charge < -0.3 is 10.1 Å². The Balaban J connectivity index is 1.66. The average Bonchev–Trinajstić information content (AvgIpc) is 2.72. The van der Waals surface area contributed by atoms with Crippen molar-refractivity contribution < 1.29 is 17.9 Å². The van der Waals surface area contributed by atoms with Crippen LogP contribution in [-0.2, 0) is 14.8 Å². The van der Waals surface area contributed by atoms with E-state index in [-0.39, 0.29) is 10.8 Å². The quantitative estimate of drug-likeness (QED) is 0.554. The van der Waals surface area contributed by atoms with Gasteiger partial charge in [0.2, 0.25) is 0 Å². The number of hydrogen-bond donors (Lipinski definition) is 2. The van der Waals surface area contributed by atoms with Gasteiger partial charge in [0.05, 0.1) is 10.6 Å². The molecule has 3 aromatic carbocycles. The molecule has 1 atom stereocenters. The molecule has 0 unspecified atom stereocenters. The van der Waals surface area contributed by atoms with Crippen LogP contribution in [0.5, 0.6) is 5.75 Å². The topological polar surface area (TPSA) is 84.5 Å². The van der Waals surface area contributed by atoms with E-state index in [2.05, 4.69) is 10.0 Å². The number of para-hydroxylation sites is 1. The number of hydrogen-bond acceptors (Lipinski definition) is 4. The smallest absolute Gasteiger partial charge is 0.265 e. The summed E-state index contributed by atoms with van der Waals surface area (Å²) in [5.74, 6) is 0.334. The Kier molecular flexibility index (Phi) is 6.65. The van der Waals surface area contributed by atoms with Crippen molar-refractivity contribution >= 4 is 27.3 Å². The van der Waals surface area contributed by atoms with Gasteiger partial charge in [-0.3, -0.25) is 9.52 Å². The minimum Gasteiger partial charge on any atom is -0.481 e. The van der Waals surface area contributed by atoms with Gasteiger partial charge in [-0.05, 0) is 80.8 Å². The molecule has 0 saturated carbocycles. The van der Waals surface area contributed by atoms with Crippen LogP contribution in [0.1, 0.15) is 23.6 Å². The summed E-state index contributed by atoms with van der Waals surface area (Å²) in [6.45, 7) is 7.38. The Morgan fingerprint density at radius 1 is 0.903 bits per heavy atom. The highest BCUT2D eigenvalue weighted by Crippen LogP contribution is 2.22. The molecule has 6 nitrogen and oxygen atoms in total. The third-order valence-corrected chi connectivity index (χ3v) is 6.22. The van der Waals surface area contributed by atoms with Crippen molar-refractivity contribution in [2.24, 2.45) is 0 Å². The number of rotatable bonds is 7. The van der Waals surface area contributed by atoms with E-state index in [1.165, 1.54) is 12.1 Å². The number of ether oxygens (including phenoxy) is 1. The van der Waals surface area contributed by atoms with Crippen molar-refractivity contribution in [3.8, 4) is 5.75 Å². The lowest BCUT2D eigenvalue weighted by Crippen LogP contribution is -2.30. The SMILES string of the molecule is Cc1ccc(C)c(O[C@@H](C)C(=O)Nc2ccc(S(=O)(=O)Nc3ccccc3C)cc2)c1. The van der Waals surface area contributed by atoms with Crippen LogP contribution in [0.25, 0.3) is 0 Å². The van der Waals surface area contributed by atoms with E-state index in [9.17, 15) is 13.2 Å². The first-order valence-electron chi connectivity index (χ1n) is 9.89. The van der Waals surface area contributed by atoms with E-state index in [1.54, 1.807) is 31.2 Å². The largest absolute Gasteiger partial charge is 0.481 e. The first-order valence-corrected chi connectivity index (χ1v) is 11.4. The van der Waals surface area contributed by atoms with Crippen LogP contribution in [0.15, 0.2) is 71.6 Å². The van der Waals surface area contributed by atoms with E-state index in [1.807, 2.05) is 51.1 Å². The number of aryl methyl sites for hydroxylation is 3. The summed E-state index contributed by atoms with van der Waals surface area (Å²) < 4.78 is 33.7. The number of carbonyl (C=O) groups is 1. The van der Waals surface area contributed by atoms with Crippen LogP contribution in [0.3, 0.4) is 0 Å². The van der Waals surface area contributed by atoms with Gasteiger partial charge in [-0.15, -0.1) is 0 Å². The maximum Gasteiger partial charge on any atom is 0.265 e. The van der Waals surface area contributed by atoms with Crippen LogP contribution in [0, 0.1) is 20.8 Å². The minimum atomic E-state index is -3.73. The molecule has 3 aromatic rings. The molecule has 0 aromatic heterocycles. The molecule has 7 heteroatoms. The molecular weight excluding hydrogens is 412 g/mol. The van der Waals surface area contributed by atoms with Gasteiger partial charge in [-0.2, -0.15) is 0 Å². The fraction of sp³-hybridized carbons (Fsp3) is 0.208. The van der Waals surface area contributed by atoms with E-state index >= 15 is 0 Å². The van der Waals surface area contributed by atoms with Crippen LogP contribution < -0.4 is 14.8 Å². The van der Waals surface area contributed by atoms with Gasteiger partial charge in [-0.1, -0.05) is 30.3 Å². The second kappa shape index (κ2) is 9.22. The highest BCUT2D eigenvalue weighted by molar-refractivity contribution is 7.92. The molecule has 0 aliphatic heterocycles. The predicted molar refractivity (Wildman–Crippen MR) is 123 cm³/mol. The lowest BCUT2D eigenvalue weighted by Gasteiger charge is -2.17. The van der Waals surface area contributed by atoms with Crippen LogP contribution in [-0.4, -0.2) is 20.4 Å². The molecule has 0 aliphatic rings. The summed E-state index contributed by atoms with van der Waals surface area (Å²) in [4.78, 5) is 12.6. The Morgan fingerprint density at radius 3 is 2.26 bits per heavy atom. The van der Waals surface area contributed by atoms with Crippen LogP contribution in [0.4, 0.5) is 11.4 Å². The maximum atomic E-state index is 12.6. The lowest BCUT2D eigenvalue weighted by molar-refractivity contribution is -0.122. The summed E-state index contributed by atoms with van der Waals surface area (Å²) in [6.07, 6.45) is -0.716. The molecule has 0 aliphatic carbocycles. The van der Waals surface area contributed by atoms with E-state index in [0.717, 1.165) is 16.7 Å². The lowest BCUT2D eigenvalue weighted by atomic mass is 10.1. The van der Waals surface area contributed by atoms with Crippen molar-refractivity contribution in [3.05, 3.63) is 83.4 Å². The molecule has 0 saturated heterocycles. The third kappa shape index (κ3) is 5.64. The fourth-order valence-corrected chi connectivity index (χ4v) is 4.06. The first-order chi connectivity index (χ1) is 14.7. The zero-order chi connectivity index (χ0) is 22.6. The number of nitrogens with one attached hydrogen (secondary N) is 2. The minimum absolute atomic E-state index is 0.105. The zero-order valence-corrected chi connectivity index (χ0v) is 18.8. The summed E-state index contributed by atoms with van der Waals surface area (Å²) >= 11 is 0. The highest BCUT2D eigenvalue weighted by atomic mass is 32.2. The van der Waals surface area contributed by atoms with Crippen LogP contribution >= 0.6 is 0 Å². The molecule has 31 heavy (non-hydrogen) atoms. The Labute approximate surface area is 183 Å². The molecule has 2 N–H and O–H groups in total. The maximum absolute atomic E-state index is 12.6. The summed E-state index contributed by atoms with van der Waals surface area (Å²) in [5, 5.41) is 2.75. The second-order valence-electron chi connectivity index (χ2n) is 7.46. The number of carbonyl (C=O) groups excluding carboxylic acids is 1. The summed E-state index contributed by atoms with van der Waals surface area (Å²) in [5.41, 5.74) is 3.83. The predicted octanol–water partition coefficient (Wildman–Crippen LogP) is 4.82. The van der Waals surface area contributed by atoms with Gasteiger partial charge in [0.25, 0.3) is 15.9 Å². The number of anilines is 2. The molecule has 0 fully saturated rings. The van der Waals surface area contributed by atoms with E-state index in [4.69, 9.17) is 4.74 Å². The number of amides is 1. The van der Waals surface area contributed by atoms with Gasteiger partial charge in [0.1, 0.15) is 5.75 Å². The van der Waals surface area contributed by atoms with Crippen molar-refractivity contribution in [1.82, 2.24) is 0 Å². The molecule has 0 radical (unpaired) electrons. The van der Waals surface area contributed by atoms with Crippen molar-refractivity contribution in [2.45, 2.75) is 38.7 Å². The van der Waals surface area contributed by atoms with Crippen molar-refractivity contribution in [3.63, 3.8) is 0 Å². The Bertz CT molecular complexity index is 1190.